The van der Waals surface area contributed by atoms with Gasteiger partial charge in [0, 0.05) is 32.7 Å². The number of aryl methyl sites for hydroxylation is 1. The molecular weight excluding hydrogens is 321 g/mol. The number of hydrogen-bond acceptors (Lipinski definition) is 5. The van der Waals surface area contributed by atoms with Crippen molar-refractivity contribution >= 4 is 16.7 Å². The maximum Gasteiger partial charge on any atom is 0.140 e. The van der Waals surface area contributed by atoms with Crippen molar-refractivity contribution in [3.8, 4) is 0 Å². The first-order chi connectivity index (χ1) is 12.2. The number of rotatable bonds is 4. The molecule has 0 amide bonds. The molecule has 1 atom stereocenters. The largest absolute Gasteiger partial charge is 0.381 e. The van der Waals surface area contributed by atoms with E-state index < -0.39 is 0 Å². The van der Waals surface area contributed by atoms with Gasteiger partial charge in [-0.2, -0.15) is 0 Å². The average Bonchev–Trinajstić information content (AvgIpc) is 3.06. The van der Waals surface area contributed by atoms with Crippen LogP contribution in [0.15, 0.2) is 36.9 Å². The lowest BCUT2D eigenvalue weighted by Gasteiger charge is -2.31. The molecule has 1 unspecified atom stereocenters. The molecule has 2 aromatic heterocycles. The molecule has 0 spiro atoms. The summed E-state index contributed by atoms with van der Waals surface area (Å²) in [5.41, 5.74) is 0.586. The summed E-state index contributed by atoms with van der Waals surface area (Å²) in [7, 11) is 1.97. The molecule has 4 rings (SSSR count). The van der Waals surface area contributed by atoms with Crippen LogP contribution in [0.5, 0.6) is 0 Å². The Morgan fingerprint density at radius 2 is 2.08 bits per heavy atom. The molecule has 1 aliphatic rings. The second kappa shape index (κ2) is 6.76. The van der Waals surface area contributed by atoms with Gasteiger partial charge in [-0.15, -0.1) is 0 Å². The number of halogens is 1. The van der Waals surface area contributed by atoms with Crippen LogP contribution in [-0.2, 0) is 11.8 Å². The molecule has 3 heterocycles. The van der Waals surface area contributed by atoms with E-state index in [2.05, 4.69) is 20.3 Å². The van der Waals surface area contributed by atoms with Crippen molar-refractivity contribution in [1.29, 1.82) is 0 Å². The van der Waals surface area contributed by atoms with Crippen LogP contribution < -0.4 is 5.32 Å². The van der Waals surface area contributed by atoms with E-state index in [1.165, 1.54) is 12.4 Å². The van der Waals surface area contributed by atoms with Crippen LogP contribution in [0.25, 0.3) is 10.9 Å². The predicted molar refractivity (Wildman–Crippen MR) is 92.6 cm³/mol. The number of nitrogens with one attached hydrogen (secondary N) is 1. The Morgan fingerprint density at radius 3 is 2.84 bits per heavy atom. The highest BCUT2D eigenvalue weighted by atomic mass is 19.1. The Bertz CT molecular complexity index is 870. The summed E-state index contributed by atoms with van der Waals surface area (Å²) >= 11 is 0. The second-order valence-electron chi connectivity index (χ2n) is 6.32. The van der Waals surface area contributed by atoms with Crippen LogP contribution in [0.1, 0.15) is 24.7 Å². The third-order valence-electron chi connectivity index (χ3n) is 4.78. The van der Waals surface area contributed by atoms with Gasteiger partial charge in [0.1, 0.15) is 23.8 Å². The van der Waals surface area contributed by atoms with E-state index in [4.69, 9.17) is 4.74 Å². The smallest absolute Gasteiger partial charge is 0.140 e. The highest BCUT2D eigenvalue weighted by Gasteiger charge is 2.29. The fourth-order valence-corrected chi connectivity index (χ4v) is 3.44. The van der Waals surface area contributed by atoms with E-state index >= 15 is 0 Å². The minimum Gasteiger partial charge on any atom is -0.381 e. The summed E-state index contributed by atoms with van der Waals surface area (Å²) in [5, 5.41) is 3.86. The average molecular weight is 341 g/mol. The standard InChI is InChI=1S/C18H20FN5O/c1-24-8-7-20-18(24)16(12-5-9-25-10-6-12)23-17-15-13(19)3-2-4-14(15)21-11-22-17/h2-4,7-8,11-12,16H,5-6,9-10H2,1H3,(H,21,22,23). The predicted octanol–water partition coefficient (Wildman–Crippen LogP) is 3.08. The number of aromatic nitrogens is 4. The zero-order valence-corrected chi connectivity index (χ0v) is 14.0. The molecule has 1 aliphatic heterocycles. The minimum atomic E-state index is -0.328. The van der Waals surface area contributed by atoms with E-state index in [1.54, 1.807) is 18.3 Å². The van der Waals surface area contributed by atoms with Gasteiger partial charge in [-0.25, -0.2) is 19.3 Å². The van der Waals surface area contributed by atoms with Crippen LogP contribution in [0.4, 0.5) is 10.2 Å². The fraction of sp³-hybridized carbons (Fsp3) is 0.389. The lowest BCUT2D eigenvalue weighted by Crippen LogP contribution is -2.29. The molecule has 1 aromatic carbocycles. The highest BCUT2D eigenvalue weighted by molar-refractivity contribution is 5.89. The van der Waals surface area contributed by atoms with E-state index in [-0.39, 0.29) is 11.9 Å². The lowest BCUT2D eigenvalue weighted by molar-refractivity contribution is 0.0594. The Labute approximate surface area is 145 Å². The fourth-order valence-electron chi connectivity index (χ4n) is 3.44. The normalized spacial score (nSPS) is 16.9. The Kier molecular flexibility index (Phi) is 4.31. The third-order valence-corrected chi connectivity index (χ3v) is 4.78. The lowest BCUT2D eigenvalue weighted by atomic mass is 9.91. The monoisotopic (exact) mass is 341 g/mol. The van der Waals surface area contributed by atoms with Gasteiger partial charge in [0.25, 0.3) is 0 Å². The summed E-state index contributed by atoms with van der Waals surface area (Å²) in [5.74, 6) is 1.43. The van der Waals surface area contributed by atoms with Crippen LogP contribution in [0.3, 0.4) is 0 Å². The molecule has 130 valence electrons. The SMILES string of the molecule is Cn1ccnc1C(Nc1ncnc2cccc(F)c12)C1CCOCC1. The molecule has 25 heavy (non-hydrogen) atoms. The number of fused-ring (bicyclic) bond motifs is 1. The van der Waals surface area contributed by atoms with Crippen LogP contribution in [0.2, 0.25) is 0 Å². The van der Waals surface area contributed by atoms with Crippen molar-refractivity contribution in [2.45, 2.75) is 18.9 Å². The zero-order chi connectivity index (χ0) is 17.2. The first-order valence-electron chi connectivity index (χ1n) is 8.45. The molecule has 0 radical (unpaired) electrons. The number of imidazole rings is 1. The summed E-state index contributed by atoms with van der Waals surface area (Å²) < 4.78 is 21.9. The maximum atomic E-state index is 14.4. The number of ether oxygens (including phenoxy) is 1. The van der Waals surface area contributed by atoms with Crippen molar-refractivity contribution in [2.75, 3.05) is 18.5 Å². The first-order valence-corrected chi connectivity index (χ1v) is 8.45. The van der Waals surface area contributed by atoms with Crippen molar-refractivity contribution in [2.24, 2.45) is 13.0 Å². The van der Waals surface area contributed by atoms with Crippen LogP contribution >= 0.6 is 0 Å². The Balaban J connectivity index is 1.75. The molecule has 6 nitrogen and oxygen atoms in total. The van der Waals surface area contributed by atoms with Gasteiger partial charge >= 0.3 is 0 Å². The van der Waals surface area contributed by atoms with E-state index in [9.17, 15) is 4.39 Å². The van der Waals surface area contributed by atoms with Crippen molar-refractivity contribution in [3.63, 3.8) is 0 Å². The van der Waals surface area contributed by atoms with Gasteiger partial charge in [-0.3, -0.25) is 0 Å². The van der Waals surface area contributed by atoms with Gasteiger partial charge in [0.15, 0.2) is 0 Å². The molecular formula is C18H20FN5O. The van der Waals surface area contributed by atoms with Gasteiger partial charge in [-0.05, 0) is 30.9 Å². The number of anilines is 1. The van der Waals surface area contributed by atoms with Crippen LogP contribution in [-0.4, -0.2) is 32.7 Å². The van der Waals surface area contributed by atoms with Gasteiger partial charge < -0.3 is 14.6 Å². The summed E-state index contributed by atoms with van der Waals surface area (Å²) in [6, 6.07) is 4.81. The van der Waals surface area contributed by atoms with Gasteiger partial charge in [0.2, 0.25) is 0 Å². The summed E-state index contributed by atoms with van der Waals surface area (Å²) in [6.07, 6.45) is 7.01. The molecule has 3 aromatic rings. The van der Waals surface area contributed by atoms with Gasteiger partial charge in [0.05, 0.1) is 16.9 Å². The van der Waals surface area contributed by atoms with Gasteiger partial charge in [-0.1, -0.05) is 6.07 Å². The molecule has 1 saturated heterocycles. The number of hydrogen-bond donors (Lipinski definition) is 1. The van der Waals surface area contributed by atoms with Crippen LogP contribution in [0, 0.1) is 11.7 Å². The second-order valence-corrected chi connectivity index (χ2v) is 6.32. The Morgan fingerprint density at radius 1 is 1.24 bits per heavy atom. The molecule has 1 fully saturated rings. The summed E-state index contributed by atoms with van der Waals surface area (Å²) in [4.78, 5) is 13.0. The number of nitrogens with zero attached hydrogens (tertiary/aromatic N) is 4. The highest BCUT2D eigenvalue weighted by Crippen LogP contribution is 2.34. The van der Waals surface area contributed by atoms with E-state index in [0.29, 0.717) is 22.6 Å². The topological polar surface area (TPSA) is 64.9 Å². The maximum absolute atomic E-state index is 14.4. The zero-order valence-electron chi connectivity index (χ0n) is 14.0. The number of benzene rings is 1. The van der Waals surface area contributed by atoms with E-state index in [1.807, 2.05) is 17.8 Å². The molecule has 0 saturated carbocycles. The van der Waals surface area contributed by atoms with Crippen molar-refractivity contribution in [1.82, 2.24) is 19.5 Å². The molecule has 1 N–H and O–H groups in total. The molecule has 7 heteroatoms. The van der Waals surface area contributed by atoms with E-state index in [0.717, 1.165) is 31.9 Å². The first kappa shape index (κ1) is 16.0. The molecule has 0 aliphatic carbocycles. The quantitative estimate of drug-likeness (QED) is 0.790. The molecule has 0 bridgehead atoms. The van der Waals surface area contributed by atoms with Crippen molar-refractivity contribution < 1.29 is 9.13 Å². The third kappa shape index (κ3) is 3.07. The summed E-state index contributed by atoms with van der Waals surface area (Å²) in [6.45, 7) is 1.46. The Hall–Kier alpha value is -2.54. The minimum absolute atomic E-state index is 0.0680. The van der Waals surface area contributed by atoms with Crippen molar-refractivity contribution in [3.05, 3.63) is 48.6 Å².